The number of benzene rings is 3. The maximum Gasteiger partial charge on any atom is 0.276 e. The molecule has 0 aliphatic heterocycles. The number of fused-ring (bicyclic) bond motifs is 1. The zero-order valence-electron chi connectivity index (χ0n) is 21.9. The summed E-state index contributed by atoms with van der Waals surface area (Å²) in [6, 6.07) is 21.1. The van der Waals surface area contributed by atoms with Gasteiger partial charge in [-0.1, -0.05) is 23.8 Å². The average Bonchev–Trinajstić information content (AvgIpc) is 2.93. The van der Waals surface area contributed by atoms with E-state index in [0.29, 0.717) is 45.5 Å². The van der Waals surface area contributed by atoms with Crippen LogP contribution in [0.25, 0.3) is 16.6 Å². The van der Waals surface area contributed by atoms with Crippen LogP contribution in [0.1, 0.15) is 21.6 Å². The standard InChI is InChI=1S/C30H26N4O5/c1-18-8-10-21(11-9-18)34-28(35)14-19(2)29(33-34)30(36)32-20-6-5-7-22(15-20)39-25-12-13-31-24-17-27(38-4)26(37-3)16-23(24)25/h5-17H,1-4H3,(H,32,36). The van der Waals surface area contributed by atoms with Crippen molar-refractivity contribution in [1.82, 2.24) is 14.8 Å². The molecule has 3 aromatic carbocycles. The van der Waals surface area contributed by atoms with Gasteiger partial charge in [0.1, 0.15) is 11.5 Å². The summed E-state index contributed by atoms with van der Waals surface area (Å²) in [5.74, 6) is 1.74. The van der Waals surface area contributed by atoms with Gasteiger partial charge in [-0.2, -0.15) is 9.78 Å². The van der Waals surface area contributed by atoms with E-state index in [1.165, 1.54) is 10.7 Å². The first-order chi connectivity index (χ1) is 18.9. The smallest absolute Gasteiger partial charge is 0.276 e. The molecule has 0 aliphatic rings. The minimum absolute atomic E-state index is 0.141. The molecule has 1 amide bonds. The first-order valence-electron chi connectivity index (χ1n) is 12.1. The molecule has 0 aliphatic carbocycles. The Hall–Kier alpha value is -5.18. The molecule has 1 N–H and O–H groups in total. The Morgan fingerprint density at radius 3 is 2.36 bits per heavy atom. The third-order valence-electron chi connectivity index (χ3n) is 6.14. The normalized spacial score (nSPS) is 10.8. The number of carbonyl (C=O) groups is 1. The summed E-state index contributed by atoms with van der Waals surface area (Å²) in [5.41, 5.74) is 3.11. The summed E-state index contributed by atoms with van der Waals surface area (Å²) < 4.78 is 18.2. The van der Waals surface area contributed by atoms with E-state index in [1.54, 1.807) is 81.9 Å². The number of nitrogens with one attached hydrogen (secondary N) is 1. The molecule has 2 aromatic heterocycles. The van der Waals surface area contributed by atoms with Crippen LogP contribution in [0.3, 0.4) is 0 Å². The molecule has 196 valence electrons. The van der Waals surface area contributed by atoms with Gasteiger partial charge in [-0.3, -0.25) is 14.6 Å². The molecular formula is C30H26N4O5. The second kappa shape index (κ2) is 10.7. The zero-order valence-corrected chi connectivity index (χ0v) is 21.9. The number of aromatic nitrogens is 3. The Kier molecular flexibility index (Phi) is 6.96. The predicted molar refractivity (Wildman–Crippen MR) is 149 cm³/mol. The molecule has 39 heavy (non-hydrogen) atoms. The van der Waals surface area contributed by atoms with Gasteiger partial charge in [-0.25, -0.2) is 0 Å². The molecule has 2 heterocycles. The van der Waals surface area contributed by atoms with Gasteiger partial charge in [-0.05, 0) is 55.8 Å². The van der Waals surface area contributed by atoms with Gasteiger partial charge in [0.05, 0.1) is 25.4 Å². The number of rotatable bonds is 7. The van der Waals surface area contributed by atoms with Crippen LogP contribution in [0.15, 0.2) is 83.8 Å². The summed E-state index contributed by atoms with van der Waals surface area (Å²) in [5, 5.41) is 7.95. The van der Waals surface area contributed by atoms with E-state index in [2.05, 4.69) is 15.4 Å². The van der Waals surface area contributed by atoms with Crippen LogP contribution in [-0.2, 0) is 0 Å². The molecule has 0 radical (unpaired) electrons. The van der Waals surface area contributed by atoms with Crippen LogP contribution in [0, 0.1) is 13.8 Å². The highest BCUT2D eigenvalue weighted by atomic mass is 16.5. The fourth-order valence-corrected chi connectivity index (χ4v) is 4.13. The lowest BCUT2D eigenvalue weighted by molar-refractivity contribution is 0.102. The highest BCUT2D eigenvalue weighted by Crippen LogP contribution is 2.37. The van der Waals surface area contributed by atoms with Gasteiger partial charge in [-0.15, -0.1) is 0 Å². The second-order valence-corrected chi connectivity index (χ2v) is 8.88. The highest BCUT2D eigenvalue weighted by molar-refractivity contribution is 6.03. The minimum Gasteiger partial charge on any atom is -0.493 e. The summed E-state index contributed by atoms with van der Waals surface area (Å²) in [4.78, 5) is 30.2. The van der Waals surface area contributed by atoms with Crippen molar-refractivity contribution in [2.75, 3.05) is 19.5 Å². The van der Waals surface area contributed by atoms with E-state index in [1.807, 2.05) is 19.1 Å². The van der Waals surface area contributed by atoms with Crippen molar-refractivity contribution < 1.29 is 19.0 Å². The number of hydrogen-bond acceptors (Lipinski definition) is 7. The fourth-order valence-electron chi connectivity index (χ4n) is 4.13. The lowest BCUT2D eigenvalue weighted by Crippen LogP contribution is -2.26. The number of pyridine rings is 1. The number of amides is 1. The van der Waals surface area contributed by atoms with E-state index in [9.17, 15) is 9.59 Å². The van der Waals surface area contributed by atoms with Crippen molar-refractivity contribution in [3.63, 3.8) is 0 Å². The molecule has 5 rings (SSSR count). The van der Waals surface area contributed by atoms with Crippen molar-refractivity contribution in [3.8, 4) is 28.7 Å². The number of hydrogen-bond donors (Lipinski definition) is 1. The van der Waals surface area contributed by atoms with E-state index in [0.717, 1.165) is 10.9 Å². The molecule has 0 spiro atoms. The first kappa shape index (κ1) is 25.5. The molecule has 5 aromatic rings. The molecule has 0 saturated carbocycles. The third kappa shape index (κ3) is 5.28. The molecule has 9 nitrogen and oxygen atoms in total. The average molecular weight is 523 g/mol. The maximum atomic E-state index is 13.2. The third-order valence-corrected chi connectivity index (χ3v) is 6.14. The van der Waals surface area contributed by atoms with Crippen LogP contribution < -0.4 is 25.1 Å². The Bertz CT molecular complexity index is 1750. The van der Waals surface area contributed by atoms with Gasteiger partial charge < -0.3 is 19.5 Å². The van der Waals surface area contributed by atoms with Gasteiger partial charge in [0.15, 0.2) is 17.2 Å². The molecule has 0 fully saturated rings. The summed E-state index contributed by atoms with van der Waals surface area (Å²) in [7, 11) is 3.13. The van der Waals surface area contributed by atoms with Gasteiger partial charge in [0.2, 0.25) is 0 Å². The minimum atomic E-state index is -0.447. The number of anilines is 1. The molecule has 0 unspecified atom stereocenters. The first-order valence-corrected chi connectivity index (χ1v) is 12.1. The number of aryl methyl sites for hydroxylation is 2. The lowest BCUT2D eigenvalue weighted by Gasteiger charge is -2.13. The molecule has 0 atom stereocenters. The lowest BCUT2D eigenvalue weighted by atomic mass is 10.1. The van der Waals surface area contributed by atoms with Crippen LogP contribution in [0.5, 0.6) is 23.0 Å². The molecule has 0 bridgehead atoms. The number of ether oxygens (including phenoxy) is 3. The predicted octanol–water partition coefficient (Wildman–Crippen LogP) is 5.46. The topological polar surface area (TPSA) is 105 Å². The van der Waals surface area contributed by atoms with E-state index in [-0.39, 0.29) is 11.3 Å². The van der Waals surface area contributed by atoms with Crippen LogP contribution in [0.4, 0.5) is 5.69 Å². The molecule has 9 heteroatoms. The number of carbonyl (C=O) groups excluding carboxylic acids is 1. The van der Waals surface area contributed by atoms with E-state index >= 15 is 0 Å². The summed E-state index contributed by atoms with van der Waals surface area (Å²) >= 11 is 0. The summed E-state index contributed by atoms with van der Waals surface area (Å²) in [6.07, 6.45) is 1.65. The van der Waals surface area contributed by atoms with Crippen molar-refractivity contribution in [2.24, 2.45) is 0 Å². The van der Waals surface area contributed by atoms with Gasteiger partial charge in [0.25, 0.3) is 11.5 Å². The van der Waals surface area contributed by atoms with E-state index < -0.39 is 5.91 Å². The van der Waals surface area contributed by atoms with Crippen molar-refractivity contribution in [3.05, 3.63) is 106 Å². The Morgan fingerprint density at radius 1 is 0.872 bits per heavy atom. The summed E-state index contributed by atoms with van der Waals surface area (Å²) in [6.45, 7) is 3.64. The Morgan fingerprint density at radius 2 is 1.62 bits per heavy atom. The van der Waals surface area contributed by atoms with Crippen molar-refractivity contribution >= 4 is 22.5 Å². The SMILES string of the molecule is COc1cc2nccc(Oc3cccc(NC(=O)c4nn(-c5ccc(C)cc5)c(=O)cc4C)c3)c2cc1OC. The van der Waals surface area contributed by atoms with Crippen molar-refractivity contribution in [1.29, 1.82) is 0 Å². The van der Waals surface area contributed by atoms with Crippen LogP contribution >= 0.6 is 0 Å². The van der Waals surface area contributed by atoms with Crippen molar-refractivity contribution in [2.45, 2.75) is 13.8 Å². The Balaban J connectivity index is 1.41. The Labute approximate surface area is 224 Å². The van der Waals surface area contributed by atoms with Crippen LogP contribution in [-0.4, -0.2) is 34.9 Å². The maximum absolute atomic E-state index is 13.2. The van der Waals surface area contributed by atoms with E-state index in [4.69, 9.17) is 14.2 Å². The quantitative estimate of drug-likeness (QED) is 0.303. The zero-order chi connectivity index (χ0) is 27.5. The van der Waals surface area contributed by atoms with Crippen LogP contribution in [0.2, 0.25) is 0 Å². The fraction of sp³-hybridized carbons (Fsp3) is 0.133. The number of nitrogens with zero attached hydrogens (tertiary/aromatic N) is 3. The van der Waals surface area contributed by atoms with Gasteiger partial charge >= 0.3 is 0 Å². The van der Waals surface area contributed by atoms with Gasteiger partial charge in [0, 0.05) is 35.5 Å². The largest absolute Gasteiger partial charge is 0.493 e. The monoisotopic (exact) mass is 522 g/mol. The number of methoxy groups -OCH3 is 2. The second-order valence-electron chi connectivity index (χ2n) is 8.88. The molecule has 0 saturated heterocycles. The highest BCUT2D eigenvalue weighted by Gasteiger charge is 2.16. The molecular weight excluding hydrogens is 496 g/mol.